The molecule has 2 aromatic carbocycles. The smallest absolute Gasteiger partial charge is 0.222 e. The lowest BCUT2D eigenvalue weighted by molar-refractivity contribution is -0.123. The summed E-state index contributed by atoms with van der Waals surface area (Å²) in [5.41, 5.74) is 4.70. The van der Waals surface area contributed by atoms with E-state index in [1.54, 1.807) is 0 Å². The zero-order valence-corrected chi connectivity index (χ0v) is 15.1. The van der Waals surface area contributed by atoms with Crippen LogP contribution in [0.15, 0.2) is 48.5 Å². The number of rotatable bonds is 6. The first-order valence-electron chi connectivity index (χ1n) is 8.82. The first-order chi connectivity index (χ1) is 12.1. The Bertz CT molecular complexity index is 880. The van der Waals surface area contributed by atoms with Gasteiger partial charge in [-0.15, -0.1) is 0 Å². The lowest BCUT2D eigenvalue weighted by Gasteiger charge is -2.12. The predicted molar refractivity (Wildman–Crippen MR) is 102 cm³/mol. The van der Waals surface area contributed by atoms with E-state index >= 15 is 0 Å². The molecule has 0 atom stereocenters. The van der Waals surface area contributed by atoms with Crippen molar-refractivity contribution < 1.29 is 4.79 Å². The molecule has 0 unspecified atom stereocenters. The number of fused-ring (bicyclic) bond motifs is 1. The van der Waals surface area contributed by atoms with E-state index in [1.165, 1.54) is 11.1 Å². The van der Waals surface area contributed by atoms with Crippen molar-refractivity contribution in [2.45, 2.75) is 33.7 Å². The van der Waals surface area contributed by atoms with Gasteiger partial charge in [0.15, 0.2) is 0 Å². The Labute approximate surface area is 148 Å². The molecular formula is C21H25N3O. The molecule has 25 heavy (non-hydrogen) atoms. The van der Waals surface area contributed by atoms with Crippen LogP contribution < -0.4 is 5.32 Å². The average molecular weight is 335 g/mol. The lowest BCUT2D eigenvalue weighted by Crippen LogP contribution is -2.30. The standard InChI is InChI=1S/C21H25N3O/c1-15(2)21(25)22-13-12-20-23-18-10-6-7-11-19(18)24(20)14-17-9-5-4-8-16(17)3/h4-11,15H,12-14H2,1-3H3,(H,22,25). The van der Waals surface area contributed by atoms with Crippen LogP contribution in [0.3, 0.4) is 0 Å². The van der Waals surface area contributed by atoms with Crippen LogP contribution in [0.5, 0.6) is 0 Å². The van der Waals surface area contributed by atoms with Crippen LogP contribution in [-0.2, 0) is 17.8 Å². The van der Waals surface area contributed by atoms with E-state index in [1.807, 2.05) is 32.0 Å². The Balaban J connectivity index is 1.87. The third-order valence-electron chi connectivity index (χ3n) is 4.50. The molecule has 0 spiro atoms. The SMILES string of the molecule is Cc1ccccc1Cn1c(CCNC(=O)C(C)C)nc2ccccc21. The van der Waals surface area contributed by atoms with Gasteiger partial charge in [-0.3, -0.25) is 4.79 Å². The molecule has 130 valence electrons. The van der Waals surface area contributed by atoms with Crippen LogP contribution in [0, 0.1) is 12.8 Å². The number of aromatic nitrogens is 2. The van der Waals surface area contributed by atoms with Crippen molar-refractivity contribution in [1.82, 2.24) is 14.9 Å². The van der Waals surface area contributed by atoms with Crippen LogP contribution in [0.25, 0.3) is 11.0 Å². The Morgan fingerprint density at radius 1 is 1.12 bits per heavy atom. The molecule has 1 aromatic heterocycles. The highest BCUT2D eigenvalue weighted by Crippen LogP contribution is 2.19. The van der Waals surface area contributed by atoms with Gasteiger partial charge in [-0.1, -0.05) is 50.2 Å². The van der Waals surface area contributed by atoms with Crippen LogP contribution >= 0.6 is 0 Å². The fourth-order valence-electron chi connectivity index (χ4n) is 2.95. The molecule has 0 bridgehead atoms. The molecule has 0 aliphatic carbocycles. The normalized spacial score (nSPS) is 11.2. The summed E-state index contributed by atoms with van der Waals surface area (Å²) in [5.74, 6) is 1.10. The number of imidazole rings is 1. The van der Waals surface area contributed by atoms with Gasteiger partial charge in [0.05, 0.1) is 11.0 Å². The molecule has 0 saturated carbocycles. The molecule has 0 fully saturated rings. The molecular weight excluding hydrogens is 310 g/mol. The third-order valence-corrected chi connectivity index (χ3v) is 4.50. The summed E-state index contributed by atoms with van der Waals surface area (Å²) in [4.78, 5) is 16.6. The molecule has 1 N–H and O–H groups in total. The average Bonchev–Trinajstić information content (AvgIpc) is 2.94. The van der Waals surface area contributed by atoms with Gasteiger partial charge in [0.25, 0.3) is 0 Å². The fraction of sp³-hybridized carbons (Fsp3) is 0.333. The number of para-hydroxylation sites is 2. The number of benzene rings is 2. The molecule has 0 saturated heterocycles. The van der Waals surface area contributed by atoms with Crippen molar-refractivity contribution >= 4 is 16.9 Å². The second-order valence-electron chi connectivity index (χ2n) is 6.73. The van der Waals surface area contributed by atoms with Gasteiger partial charge >= 0.3 is 0 Å². The maximum Gasteiger partial charge on any atom is 0.222 e. The lowest BCUT2D eigenvalue weighted by atomic mass is 10.1. The van der Waals surface area contributed by atoms with Crippen molar-refractivity contribution in [3.05, 3.63) is 65.5 Å². The van der Waals surface area contributed by atoms with E-state index in [2.05, 4.69) is 47.1 Å². The predicted octanol–water partition coefficient (Wildman–Crippen LogP) is 3.71. The number of hydrogen-bond donors (Lipinski definition) is 1. The number of carbonyl (C=O) groups excluding carboxylic acids is 1. The minimum absolute atomic E-state index is 0.00536. The molecule has 3 rings (SSSR count). The highest BCUT2D eigenvalue weighted by molar-refractivity contribution is 5.78. The monoisotopic (exact) mass is 335 g/mol. The van der Waals surface area contributed by atoms with Crippen LogP contribution in [-0.4, -0.2) is 22.0 Å². The molecule has 1 heterocycles. The van der Waals surface area contributed by atoms with Crippen molar-refractivity contribution in [3.63, 3.8) is 0 Å². The fourth-order valence-corrected chi connectivity index (χ4v) is 2.95. The van der Waals surface area contributed by atoms with Crippen molar-refractivity contribution in [1.29, 1.82) is 0 Å². The van der Waals surface area contributed by atoms with Crippen LogP contribution in [0.4, 0.5) is 0 Å². The van der Waals surface area contributed by atoms with Gasteiger partial charge in [0.2, 0.25) is 5.91 Å². The molecule has 0 radical (unpaired) electrons. The van der Waals surface area contributed by atoms with Gasteiger partial charge < -0.3 is 9.88 Å². The maximum absolute atomic E-state index is 11.8. The molecule has 1 amide bonds. The van der Waals surface area contributed by atoms with Gasteiger partial charge in [-0.25, -0.2) is 4.98 Å². The number of nitrogens with zero attached hydrogens (tertiary/aromatic N) is 2. The summed E-state index contributed by atoms with van der Waals surface area (Å²) in [6, 6.07) is 16.6. The summed E-state index contributed by atoms with van der Waals surface area (Å²) in [7, 11) is 0. The van der Waals surface area contributed by atoms with Crippen LogP contribution in [0.1, 0.15) is 30.8 Å². The number of hydrogen-bond acceptors (Lipinski definition) is 2. The molecule has 4 nitrogen and oxygen atoms in total. The number of carbonyl (C=O) groups is 1. The quantitative estimate of drug-likeness (QED) is 0.746. The number of amides is 1. The molecule has 0 aliphatic heterocycles. The van der Waals surface area contributed by atoms with Crippen LogP contribution in [0.2, 0.25) is 0 Å². The summed E-state index contributed by atoms with van der Waals surface area (Å²) in [5, 5.41) is 2.99. The van der Waals surface area contributed by atoms with Crippen molar-refractivity contribution in [2.75, 3.05) is 6.54 Å². The third kappa shape index (κ3) is 3.90. The highest BCUT2D eigenvalue weighted by Gasteiger charge is 2.12. The highest BCUT2D eigenvalue weighted by atomic mass is 16.1. The number of nitrogens with one attached hydrogen (secondary N) is 1. The Kier molecular flexibility index (Phi) is 5.17. The first kappa shape index (κ1) is 17.2. The van der Waals surface area contributed by atoms with E-state index in [0.29, 0.717) is 6.54 Å². The van der Waals surface area contributed by atoms with E-state index < -0.39 is 0 Å². The second kappa shape index (κ2) is 7.51. The molecule has 3 aromatic rings. The van der Waals surface area contributed by atoms with E-state index in [0.717, 1.165) is 29.8 Å². The van der Waals surface area contributed by atoms with Gasteiger partial charge in [0, 0.05) is 25.4 Å². The van der Waals surface area contributed by atoms with Crippen molar-refractivity contribution in [3.8, 4) is 0 Å². The Hall–Kier alpha value is -2.62. The minimum Gasteiger partial charge on any atom is -0.355 e. The zero-order valence-electron chi connectivity index (χ0n) is 15.1. The summed E-state index contributed by atoms with van der Waals surface area (Å²) in [6.45, 7) is 7.34. The zero-order chi connectivity index (χ0) is 17.8. The van der Waals surface area contributed by atoms with E-state index in [4.69, 9.17) is 4.98 Å². The van der Waals surface area contributed by atoms with Crippen molar-refractivity contribution in [2.24, 2.45) is 5.92 Å². The van der Waals surface area contributed by atoms with Gasteiger partial charge in [-0.2, -0.15) is 0 Å². The minimum atomic E-state index is 0.00536. The van der Waals surface area contributed by atoms with Gasteiger partial charge in [-0.05, 0) is 30.2 Å². The summed E-state index contributed by atoms with van der Waals surface area (Å²) >= 11 is 0. The second-order valence-corrected chi connectivity index (χ2v) is 6.73. The maximum atomic E-state index is 11.8. The summed E-state index contributed by atoms with van der Waals surface area (Å²) < 4.78 is 2.26. The first-order valence-corrected chi connectivity index (χ1v) is 8.82. The molecule has 0 aliphatic rings. The Morgan fingerprint density at radius 3 is 2.60 bits per heavy atom. The molecule has 4 heteroatoms. The Morgan fingerprint density at radius 2 is 1.84 bits per heavy atom. The summed E-state index contributed by atoms with van der Waals surface area (Å²) in [6.07, 6.45) is 0.721. The van der Waals surface area contributed by atoms with E-state index in [-0.39, 0.29) is 11.8 Å². The van der Waals surface area contributed by atoms with E-state index in [9.17, 15) is 4.79 Å². The van der Waals surface area contributed by atoms with Gasteiger partial charge in [0.1, 0.15) is 5.82 Å². The topological polar surface area (TPSA) is 46.9 Å². The number of aryl methyl sites for hydroxylation is 1. The largest absolute Gasteiger partial charge is 0.355 e.